The molecule has 0 spiro atoms. The minimum absolute atomic E-state index is 0.249. The number of imidazole rings is 1. The number of hydrogen-bond donors (Lipinski definition) is 1. The molecule has 0 aliphatic carbocycles. The first kappa shape index (κ1) is 20.8. The van der Waals surface area contributed by atoms with Gasteiger partial charge < -0.3 is 14.6 Å². The maximum absolute atomic E-state index is 10.1. The van der Waals surface area contributed by atoms with Crippen molar-refractivity contribution in [2.45, 2.75) is 19.3 Å². The summed E-state index contributed by atoms with van der Waals surface area (Å²) in [6.45, 7) is 2.77. The van der Waals surface area contributed by atoms with Gasteiger partial charge in [-0.15, -0.1) is 0 Å². The summed E-state index contributed by atoms with van der Waals surface area (Å²) in [5.74, 6) is 0.249. The van der Waals surface area contributed by atoms with Crippen molar-refractivity contribution in [3.05, 3.63) is 103 Å². The first-order chi connectivity index (χ1) is 15.3. The van der Waals surface area contributed by atoms with Gasteiger partial charge in [-0.1, -0.05) is 24.3 Å². The Hall–Kier alpha value is -3.51. The van der Waals surface area contributed by atoms with Crippen molar-refractivity contribution in [1.29, 1.82) is 0 Å². The van der Waals surface area contributed by atoms with Crippen LogP contribution in [0.3, 0.4) is 0 Å². The maximum atomic E-state index is 10.1. The lowest BCUT2D eigenvalue weighted by molar-refractivity contribution is 0.281. The minimum Gasteiger partial charge on any atom is -0.506 e. The number of benzene rings is 1. The first-order valence-electron chi connectivity index (χ1n) is 10.6. The van der Waals surface area contributed by atoms with Gasteiger partial charge in [0.15, 0.2) is 0 Å². The Bertz CT molecular complexity index is 1020. The molecule has 3 aromatic heterocycles. The fraction of sp³-hybridized carbons (Fsp3) is 0.240. The van der Waals surface area contributed by atoms with E-state index in [2.05, 4.69) is 32.0 Å². The molecule has 0 bridgehead atoms. The number of pyridine rings is 2. The van der Waals surface area contributed by atoms with E-state index < -0.39 is 0 Å². The van der Waals surface area contributed by atoms with E-state index in [-0.39, 0.29) is 5.75 Å². The quantitative estimate of drug-likeness (QED) is 0.429. The second kappa shape index (κ2) is 10.5. The van der Waals surface area contributed by atoms with Crippen LogP contribution in [0.25, 0.3) is 5.69 Å². The molecule has 4 aromatic rings. The highest BCUT2D eigenvalue weighted by molar-refractivity contribution is 5.45. The van der Waals surface area contributed by atoms with Crippen LogP contribution in [0.4, 0.5) is 0 Å². The van der Waals surface area contributed by atoms with E-state index >= 15 is 0 Å². The molecule has 0 atom stereocenters. The standard InChI is InChI=1S/C25H27N5O/c31-25-10-2-1-9-24(25)30-19-23(28-20-30)13-18-29(16-11-21-7-3-5-14-26-21)17-12-22-8-4-6-15-27-22/h1-10,14-15,19-20,31H,11-13,16-18H2. The Balaban J connectivity index is 1.38. The number of nitrogens with zero attached hydrogens (tertiary/aromatic N) is 5. The van der Waals surface area contributed by atoms with Gasteiger partial charge in [-0.3, -0.25) is 9.97 Å². The molecule has 0 radical (unpaired) electrons. The third kappa shape index (κ3) is 5.99. The van der Waals surface area contributed by atoms with Crippen LogP contribution in [0.15, 0.2) is 85.6 Å². The number of phenolic OH excluding ortho intramolecular Hbond substituents is 1. The average molecular weight is 414 g/mol. The SMILES string of the molecule is Oc1ccccc1-n1cnc(CCN(CCc2ccccn2)CCc2ccccn2)c1. The number of hydrogen-bond acceptors (Lipinski definition) is 5. The molecule has 0 saturated heterocycles. The van der Waals surface area contributed by atoms with Gasteiger partial charge >= 0.3 is 0 Å². The van der Waals surface area contributed by atoms with E-state index in [1.165, 1.54) is 0 Å². The van der Waals surface area contributed by atoms with Crippen LogP contribution in [-0.2, 0) is 19.3 Å². The van der Waals surface area contributed by atoms with Crippen molar-refractivity contribution < 1.29 is 5.11 Å². The van der Waals surface area contributed by atoms with Crippen LogP contribution in [0, 0.1) is 0 Å². The number of para-hydroxylation sites is 2. The number of rotatable bonds is 10. The zero-order chi connectivity index (χ0) is 21.3. The van der Waals surface area contributed by atoms with Gasteiger partial charge in [0.1, 0.15) is 5.75 Å². The highest BCUT2D eigenvalue weighted by Crippen LogP contribution is 2.20. The molecule has 158 valence electrons. The minimum atomic E-state index is 0.249. The predicted molar refractivity (Wildman–Crippen MR) is 121 cm³/mol. The second-order valence-corrected chi connectivity index (χ2v) is 7.49. The average Bonchev–Trinajstić information content (AvgIpc) is 3.29. The summed E-state index contributed by atoms with van der Waals surface area (Å²) in [6.07, 6.45) is 10.1. The number of phenols is 1. The van der Waals surface area contributed by atoms with Crippen LogP contribution in [0.5, 0.6) is 5.75 Å². The Morgan fingerprint density at radius 2 is 1.26 bits per heavy atom. The van der Waals surface area contributed by atoms with Gasteiger partial charge in [-0.25, -0.2) is 4.98 Å². The molecular formula is C25H27N5O. The van der Waals surface area contributed by atoms with E-state index in [1.807, 2.05) is 65.6 Å². The number of aromatic hydroxyl groups is 1. The summed E-state index contributed by atoms with van der Waals surface area (Å²) < 4.78 is 1.87. The summed E-state index contributed by atoms with van der Waals surface area (Å²) >= 11 is 0. The fourth-order valence-corrected chi connectivity index (χ4v) is 3.55. The molecule has 1 N–H and O–H groups in total. The normalized spacial score (nSPS) is 11.1. The van der Waals surface area contributed by atoms with E-state index in [4.69, 9.17) is 0 Å². The summed E-state index contributed by atoms with van der Waals surface area (Å²) in [5, 5.41) is 10.1. The molecular weight excluding hydrogens is 386 g/mol. The van der Waals surface area contributed by atoms with Crippen molar-refractivity contribution in [2.24, 2.45) is 0 Å². The van der Waals surface area contributed by atoms with Crippen molar-refractivity contribution in [1.82, 2.24) is 24.4 Å². The summed E-state index contributed by atoms with van der Waals surface area (Å²) in [6, 6.07) is 19.4. The van der Waals surface area contributed by atoms with Crippen LogP contribution >= 0.6 is 0 Å². The second-order valence-electron chi connectivity index (χ2n) is 7.49. The maximum Gasteiger partial charge on any atom is 0.139 e. The molecule has 0 aliphatic heterocycles. The topological polar surface area (TPSA) is 67.1 Å². The molecule has 6 heteroatoms. The van der Waals surface area contributed by atoms with E-state index in [1.54, 1.807) is 12.4 Å². The highest BCUT2D eigenvalue weighted by Gasteiger charge is 2.10. The highest BCUT2D eigenvalue weighted by atomic mass is 16.3. The zero-order valence-electron chi connectivity index (χ0n) is 17.5. The lowest BCUT2D eigenvalue weighted by Crippen LogP contribution is -2.31. The molecule has 1 aromatic carbocycles. The molecule has 6 nitrogen and oxygen atoms in total. The van der Waals surface area contributed by atoms with Crippen molar-refractivity contribution in [2.75, 3.05) is 19.6 Å². The molecule has 4 rings (SSSR count). The van der Waals surface area contributed by atoms with Gasteiger partial charge in [0, 0.05) is 68.9 Å². The fourth-order valence-electron chi connectivity index (χ4n) is 3.55. The Kier molecular flexibility index (Phi) is 7.03. The zero-order valence-corrected chi connectivity index (χ0v) is 17.5. The first-order valence-corrected chi connectivity index (χ1v) is 10.6. The molecule has 31 heavy (non-hydrogen) atoms. The Morgan fingerprint density at radius 1 is 0.677 bits per heavy atom. The summed E-state index contributed by atoms with van der Waals surface area (Å²) in [5.41, 5.74) is 3.95. The monoisotopic (exact) mass is 413 g/mol. The molecule has 0 unspecified atom stereocenters. The van der Waals surface area contributed by atoms with E-state index in [0.717, 1.165) is 61.7 Å². The Labute approximate surface area is 182 Å². The third-order valence-corrected chi connectivity index (χ3v) is 5.30. The van der Waals surface area contributed by atoms with Gasteiger partial charge in [0.05, 0.1) is 17.7 Å². The predicted octanol–water partition coefficient (Wildman–Crippen LogP) is 3.70. The van der Waals surface area contributed by atoms with Crippen LogP contribution in [0.2, 0.25) is 0 Å². The van der Waals surface area contributed by atoms with Crippen LogP contribution in [-0.4, -0.2) is 49.2 Å². The summed E-state index contributed by atoms with van der Waals surface area (Å²) in [4.78, 5) is 15.9. The molecule has 0 saturated carbocycles. The third-order valence-electron chi connectivity index (χ3n) is 5.30. The van der Waals surface area contributed by atoms with E-state index in [0.29, 0.717) is 0 Å². The molecule has 0 amide bonds. The lowest BCUT2D eigenvalue weighted by Gasteiger charge is -2.21. The van der Waals surface area contributed by atoms with Gasteiger partial charge in [0.25, 0.3) is 0 Å². The van der Waals surface area contributed by atoms with Crippen molar-refractivity contribution in [3.63, 3.8) is 0 Å². The van der Waals surface area contributed by atoms with Crippen molar-refractivity contribution >= 4 is 0 Å². The van der Waals surface area contributed by atoms with Crippen LogP contribution < -0.4 is 0 Å². The summed E-state index contributed by atoms with van der Waals surface area (Å²) in [7, 11) is 0. The Morgan fingerprint density at radius 3 is 1.84 bits per heavy atom. The van der Waals surface area contributed by atoms with Crippen molar-refractivity contribution in [3.8, 4) is 11.4 Å². The van der Waals surface area contributed by atoms with Gasteiger partial charge in [0.2, 0.25) is 0 Å². The molecule has 3 heterocycles. The van der Waals surface area contributed by atoms with Gasteiger partial charge in [-0.05, 0) is 36.4 Å². The molecule has 0 fully saturated rings. The molecule has 0 aliphatic rings. The smallest absolute Gasteiger partial charge is 0.139 e. The van der Waals surface area contributed by atoms with Crippen LogP contribution in [0.1, 0.15) is 17.1 Å². The lowest BCUT2D eigenvalue weighted by atomic mass is 10.2. The van der Waals surface area contributed by atoms with Gasteiger partial charge in [-0.2, -0.15) is 0 Å². The van der Waals surface area contributed by atoms with E-state index in [9.17, 15) is 5.11 Å². The number of aromatic nitrogens is 4. The largest absolute Gasteiger partial charge is 0.506 e.